The summed E-state index contributed by atoms with van der Waals surface area (Å²) in [5.74, 6) is 0. The van der Waals surface area contributed by atoms with Gasteiger partial charge in [-0.3, -0.25) is 4.90 Å². The summed E-state index contributed by atoms with van der Waals surface area (Å²) in [6, 6.07) is 7.61. The molecule has 110 valence electrons. The maximum atomic E-state index is 6.34. The summed E-state index contributed by atoms with van der Waals surface area (Å²) in [7, 11) is 0. The van der Waals surface area contributed by atoms with E-state index in [2.05, 4.69) is 23.2 Å². The molecule has 20 heavy (non-hydrogen) atoms. The van der Waals surface area contributed by atoms with Crippen LogP contribution in [0.1, 0.15) is 44.2 Å². The molecule has 1 N–H and O–H groups in total. The Hall–Kier alpha value is -0.280. The molecule has 1 saturated carbocycles. The number of halogens is 2. The number of nitrogens with one attached hydrogen (secondary N) is 1. The summed E-state index contributed by atoms with van der Waals surface area (Å²) in [5.41, 5.74) is 1.17. The van der Waals surface area contributed by atoms with Gasteiger partial charge >= 0.3 is 0 Å². The summed E-state index contributed by atoms with van der Waals surface area (Å²) in [4.78, 5) is 2.63. The average molecular weight is 313 g/mol. The second-order valence-electron chi connectivity index (χ2n) is 6.01. The lowest BCUT2D eigenvalue weighted by atomic mass is 10.0. The van der Waals surface area contributed by atoms with Crippen molar-refractivity contribution < 1.29 is 0 Å². The quantitative estimate of drug-likeness (QED) is 0.873. The Kier molecular flexibility index (Phi) is 4.56. The first-order valence-corrected chi connectivity index (χ1v) is 8.38. The monoisotopic (exact) mass is 312 g/mol. The van der Waals surface area contributed by atoms with Crippen LogP contribution in [0.4, 0.5) is 0 Å². The van der Waals surface area contributed by atoms with Gasteiger partial charge in [-0.1, -0.05) is 36.2 Å². The van der Waals surface area contributed by atoms with Crippen molar-refractivity contribution in [2.24, 2.45) is 0 Å². The zero-order valence-corrected chi connectivity index (χ0v) is 13.4. The Labute approximate surface area is 131 Å². The fourth-order valence-corrected chi connectivity index (χ4v) is 3.73. The van der Waals surface area contributed by atoms with Crippen molar-refractivity contribution in [2.75, 3.05) is 13.1 Å². The first kappa shape index (κ1) is 14.6. The Morgan fingerprint density at radius 3 is 2.75 bits per heavy atom. The van der Waals surface area contributed by atoms with Gasteiger partial charge in [0, 0.05) is 41.3 Å². The molecule has 4 heteroatoms. The van der Waals surface area contributed by atoms with Gasteiger partial charge in [0.1, 0.15) is 0 Å². The molecule has 1 aromatic rings. The van der Waals surface area contributed by atoms with Crippen LogP contribution in [0.25, 0.3) is 0 Å². The number of hydrogen-bond donors (Lipinski definition) is 1. The molecule has 0 aromatic heterocycles. The third-order valence-electron chi connectivity index (χ3n) is 4.47. The van der Waals surface area contributed by atoms with Crippen LogP contribution in [0.5, 0.6) is 0 Å². The molecule has 2 nitrogen and oxygen atoms in total. The Morgan fingerprint density at radius 2 is 2.10 bits per heavy atom. The summed E-state index contributed by atoms with van der Waals surface area (Å²) in [6.45, 7) is 4.63. The van der Waals surface area contributed by atoms with E-state index in [1.54, 1.807) is 0 Å². The molecule has 1 aliphatic heterocycles. The molecule has 1 aliphatic carbocycles. The minimum atomic E-state index is 0.323. The second kappa shape index (κ2) is 6.23. The van der Waals surface area contributed by atoms with E-state index in [9.17, 15) is 0 Å². The minimum absolute atomic E-state index is 0.323. The van der Waals surface area contributed by atoms with Gasteiger partial charge in [-0.25, -0.2) is 0 Å². The fraction of sp³-hybridized carbons (Fsp3) is 0.625. The largest absolute Gasteiger partial charge is 0.306 e. The maximum absolute atomic E-state index is 6.34. The zero-order valence-electron chi connectivity index (χ0n) is 11.9. The highest BCUT2D eigenvalue weighted by Crippen LogP contribution is 2.32. The van der Waals surface area contributed by atoms with Crippen molar-refractivity contribution in [2.45, 2.75) is 50.7 Å². The van der Waals surface area contributed by atoms with Crippen LogP contribution in [0.3, 0.4) is 0 Å². The molecule has 0 spiro atoms. The molecule has 2 fully saturated rings. The highest BCUT2D eigenvalue weighted by molar-refractivity contribution is 6.35. The molecule has 2 unspecified atom stereocenters. The Morgan fingerprint density at radius 1 is 1.30 bits per heavy atom. The molecular weight excluding hydrogens is 291 g/mol. The number of likely N-dealkylation sites (tertiary alicyclic amines) is 1. The van der Waals surface area contributed by atoms with Gasteiger partial charge in [0.25, 0.3) is 0 Å². The van der Waals surface area contributed by atoms with Crippen LogP contribution in [-0.4, -0.2) is 30.1 Å². The van der Waals surface area contributed by atoms with Crippen LogP contribution >= 0.6 is 23.2 Å². The summed E-state index contributed by atoms with van der Waals surface area (Å²) in [6.07, 6.45) is 5.08. The normalized spacial score (nSPS) is 25.1. The van der Waals surface area contributed by atoms with Crippen LogP contribution < -0.4 is 5.32 Å². The van der Waals surface area contributed by atoms with E-state index in [-0.39, 0.29) is 0 Å². The lowest BCUT2D eigenvalue weighted by molar-refractivity contribution is 0.311. The zero-order chi connectivity index (χ0) is 14.1. The predicted molar refractivity (Wildman–Crippen MR) is 85.6 cm³/mol. The SMILES string of the molecule is CCC(NC1CCN(C2CC2)C1)c1ccc(Cl)cc1Cl. The number of benzene rings is 1. The van der Waals surface area contributed by atoms with E-state index in [1.165, 1.54) is 37.9 Å². The van der Waals surface area contributed by atoms with Gasteiger partial charge in [0.15, 0.2) is 0 Å². The van der Waals surface area contributed by atoms with Gasteiger partial charge in [-0.05, 0) is 43.4 Å². The highest BCUT2D eigenvalue weighted by atomic mass is 35.5. The smallest absolute Gasteiger partial charge is 0.0468 e. The van der Waals surface area contributed by atoms with E-state index in [4.69, 9.17) is 23.2 Å². The van der Waals surface area contributed by atoms with E-state index >= 15 is 0 Å². The van der Waals surface area contributed by atoms with Crippen LogP contribution in [-0.2, 0) is 0 Å². The molecule has 0 bridgehead atoms. The van der Waals surface area contributed by atoms with Crippen molar-refractivity contribution in [3.8, 4) is 0 Å². The van der Waals surface area contributed by atoms with E-state index in [1.807, 2.05) is 12.1 Å². The molecule has 0 amide bonds. The average Bonchev–Trinajstić information content (AvgIpc) is 3.17. The van der Waals surface area contributed by atoms with Gasteiger partial charge in [0.2, 0.25) is 0 Å². The highest BCUT2D eigenvalue weighted by Gasteiger charge is 2.34. The molecular formula is C16H22Cl2N2. The molecule has 0 radical (unpaired) electrons. The summed E-state index contributed by atoms with van der Waals surface area (Å²) >= 11 is 12.3. The topological polar surface area (TPSA) is 15.3 Å². The lowest BCUT2D eigenvalue weighted by Gasteiger charge is -2.24. The van der Waals surface area contributed by atoms with Crippen molar-refractivity contribution >= 4 is 23.2 Å². The maximum Gasteiger partial charge on any atom is 0.0468 e. The first-order chi connectivity index (χ1) is 9.67. The van der Waals surface area contributed by atoms with E-state index < -0.39 is 0 Å². The van der Waals surface area contributed by atoms with Gasteiger partial charge < -0.3 is 5.32 Å². The van der Waals surface area contributed by atoms with Gasteiger partial charge in [-0.15, -0.1) is 0 Å². The summed E-state index contributed by atoms with van der Waals surface area (Å²) in [5, 5.41) is 5.26. The standard InChI is InChI=1S/C16H22Cl2N2/c1-2-16(14-6-3-11(17)9-15(14)18)19-12-7-8-20(10-12)13-4-5-13/h3,6,9,12-13,16,19H,2,4-5,7-8,10H2,1H3. The summed E-state index contributed by atoms with van der Waals surface area (Å²) < 4.78 is 0. The van der Waals surface area contributed by atoms with E-state index in [0.29, 0.717) is 17.1 Å². The third kappa shape index (κ3) is 3.30. The Balaban J connectivity index is 1.64. The molecule has 1 aromatic carbocycles. The molecule has 2 aliphatic rings. The van der Waals surface area contributed by atoms with Gasteiger partial charge in [-0.2, -0.15) is 0 Å². The van der Waals surface area contributed by atoms with E-state index in [0.717, 1.165) is 17.5 Å². The van der Waals surface area contributed by atoms with Gasteiger partial charge in [0.05, 0.1) is 0 Å². The van der Waals surface area contributed by atoms with Crippen molar-refractivity contribution in [1.29, 1.82) is 0 Å². The van der Waals surface area contributed by atoms with Crippen molar-refractivity contribution in [3.05, 3.63) is 33.8 Å². The molecule has 3 rings (SSSR count). The molecule has 1 saturated heterocycles. The lowest BCUT2D eigenvalue weighted by Crippen LogP contribution is -2.35. The number of nitrogens with zero attached hydrogens (tertiary/aromatic N) is 1. The van der Waals surface area contributed by atoms with Crippen LogP contribution in [0, 0.1) is 0 Å². The first-order valence-electron chi connectivity index (χ1n) is 7.62. The fourth-order valence-electron chi connectivity index (χ4n) is 3.19. The molecule has 2 atom stereocenters. The minimum Gasteiger partial charge on any atom is -0.306 e. The van der Waals surface area contributed by atoms with Crippen molar-refractivity contribution in [1.82, 2.24) is 10.2 Å². The molecule has 1 heterocycles. The number of hydrogen-bond acceptors (Lipinski definition) is 2. The Bertz CT molecular complexity index is 474. The van der Waals surface area contributed by atoms with Crippen LogP contribution in [0.2, 0.25) is 10.0 Å². The number of rotatable bonds is 5. The second-order valence-corrected chi connectivity index (χ2v) is 6.85. The third-order valence-corrected chi connectivity index (χ3v) is 5.03. The van der Waals surface area contributed by atoms with Crippen LogP contribution in [0.15, 0.2) is 18.2 Å². The predicted octanol–water partition coefficient (Wildman–Crippen LogP) is 4.27. The van der Waals surface area contributed by atoms with Crippen molar-refractivity contribution in [3.63, 3.8) is 0 Å².